The van der Waals surface area contributed by atoms with Crippen LogP contribution in [-0.2, 0) is 11.3 Å². The van der Waals surface area contributed by atoms with Crippen LogP contribution in [0.5, 0.6) is 23.0 Å². The van der Waals surface area contributed by atoms with Gasteiger partial charge in [-0.15, -0.1) is 0 Å². The molecule has 1 saturated carbocycles. The average molecular weight is 582 g/mol. The smallest absolute Gasteiger partial charge is 0.185 e. The number of imidazole rings is 1. The Morgan fingerprint density at radius 1 is 0.868 bits per heavy atom. The summed E-state index contributed by atoms with van der Waals surface area (Å²) in [6.07, 6.45) is 12.5. The minimum atomic E-state index is 0.0698. The number of Topliss-reactive ketones (excluding diaryl/α,β-unsaturated/α-hetero) is 1. The van der Waals surface area contributed by atoms with Gasteiger partial charge in [-0.1, -0.05) is 28.1 Å². The number of nitrogens with zero attached hydrogens (tertiary/aromatic N) is 2. The molecule has 0 radical (unpaired) electrons. The number of methoxy groups -OCH3 is 2. The van der Waals surface area contributed by atoms with Crippen LogP contribution in [0.3, 0.4) is 0 Å². The van der Waals surface area contributed by atoms with Crippen LogP contribution in [0.4, 0.5) is 0 Å². The fourth-order valence-corrected chi connectivity index (χ4v) is 4.48. The zero-order valence-corrected chi connectivity index (χ0v) is 23.4. The molecule has 4 rings (SSSR count). The van der Waals surface area contributed by atoms with Crippen molar-refractivity contribution in [3.8, 4) is 23.0 Å². The second-order valence-corrected chi connectivity index (χ2v) is 9.68. The minimum absolute atomic E-state index is 0.0698. The summed E-state index contributed by atoms with van der Waals surface area (Å²) >= 11 is 3.41. The standard InChI is InChI=1S/C30H33BrN2O5/c1-35-28-19-22(5-9-26(28)37-15-3-11-31)17-24-7-8-25(30(24)34)18-23-6-10-27(29(20-23)36-2)38-16-4-13-33-14-12-32-21-33/h5-6,9-10,12,14,17-21H,3-4,7-8,11,13,15-16H2,1-2H3/b24-17+,25-18+. The Bertz CT molecular complexity index is 1280. The van der Waals surface area contributed by atoms with Gasteiger partial charge < -0.3 is 23.5 Å². The molecule has 0 bridgehead atoms. The van der Waals surface area contributed by atoms with Gasteiger partial charge in [0, 0.05) is 35.4 Å². The number of carbonyl (C=O) groups excluding carboxylic acids is 1. The van der Waals surface area contributed by atoms with E-state index in [4.69, 9.17) is 18.9 Å². The normalized spacial score (nSPS) is 15.3. The molecule has 1 aliphatic rings. The van der Waals surface area contributed by atoms with E-state index in [1.54, 1.807) is 26.7 Å². The van der Waals surface area contributed by atoms with Crippen molar-refractivity contribution in [3.63, 3.8) is 0 Å². The quantitative estimate of drug-likeness (QED) is 0.133. The van der Waals surface area contributed by atoms with E-state index in [0.29, 0.717) is 49.1 Å². The number of rotatable bonds is 13. The molecule has 1 heterocycles. The van der Waals surface area contributed by atoms with Crippen LogP contribution >= 0.6 is 15.9 Å². The summed E-state index contributed by atoms with van der Waals surface area (Å²) < 4.78 is 24.8. The number of hydrogen-bond acceptors (Lipinski definition) is 6. The third-order valence-corrected chi connectivity index (χ3v) is 6.78. The summed E-state index contributed by atoms with van der Waals surface area (Å²) in [7, 11) is 3.25. The SMILES string of the molecule is COc1cc(/C=C2\CC/C(=C\c3ccc(OCCCn4ccnc4)c(OC)c3)C2=O)ccc1OCCCBr. The van der Waals surface area contributed by atoms with Crippen LogP contribution in [-0.4, -0.2) is 48.1 Å². The zero-order chi connectivity index (χ0) is 26.7. The van der Waals surface area contributed by atoms with Gasteiger partial charge in [-0.25, -0.2) is 4.98 Å². The van der Waals surface area contributed by atoms with E-state index in [1.165, 1.54) is 0 Å². The molecule has 3 aromatic rings. The first-order valence-electron chi connectivity index (χ1n) is 12.7. The van der Waals surface area contributed by atoms with Gasteiger partial charge in [0.1, 0.15) is 0 Å². The van der Waals surface area contributed by atoms with E-state index in [1.807, 2.05) is 59.3 Å². The molecule has 1 aliphatic carbocycles. The molecule has 1 aromatic heterocycles. The average Bonchev–Trinajstić information content (AvgIpc) is 3.58. The number of carbonyl (C=O) groups is 1. The molecule has 38 heavy (non-hydrogen) atoms. The predicted molar refractivity (Wildman–Crippen MR) is 152 cm³/mol. The van der Waals surface area contributed by atoms with Crippen molar-refractivity contribution in [2.45, 2.75) is 32.2 Å². The van der Waals surface area contributed by atoms with Crippen LogP contribution in [0.25, 0.3) is 12.2 Å². The van der Waals surface area contributed by atoms with Crippen LogP contribution in [0, 0.1) is 0 Å². The Kier molecular flexibility index (Phi) is 10.0. The molecule has 200 valence electrons. The summed E-state index contributed by atoms with van der Waals surface area (Å²) in [5.74, 6) is 2.76. The molecule has 2 aromatic carbocycles. The van der Waals surface area contributed by atoms with Gasteiger partial charge in [0.05, 0.1) is 33.8 Å². The number of ether oxygens (including phenoxy) is 4. The third-order valence-electron chi connectivity index (χ3n) is 6.22. The van der Waals surface area contributed by atoms with Crippen LogP contribution in [0.1, 0.15) is 36.8 Å². The third kappa shape index (κ3) is 7.28. The first-order valence-corrected chi connectivity index (χ1v) is 13.8. The Balaban J connectivity index is 1.40. The summed E-state index contributed by atoms with van der Waals surface area (Å²) in [4.78, 5) is 17.2. The number of alkyl halides is 1. The lowest BCUT2D eigenvalue weighted by Gasteiger charge is -2.12. The van der Waals surface area contributed by atoms with E-state index in [0.717, 1.165) is 47.0 Å². The van der Waals surface area contributed by atoms with E-state index >= 15 is 0 Å². The summed E-state index contributed by atoms with van der Waals surface area (Å²) in [6.45, 7) is 2.02. The lowest BCUT2D eigenvalue weighted by molar-refractivity contribution is -0.111. The highest BCUT2D eigenvalue weighted by molar-refractivity contribution is 9.09. The van der Waals surface area contributed by atoms with Gasteiger partial charge in [-0.05, 0) is 73.2 Å². The largest absolute Gasteiger partial charge is 0.493 e. The highest BCUT2D eigenvalue weighted by atomic mass is 79.9. The molecular formula is C30H33BrN2O5. The molecule has 0 amide bonds. The summed E-state index contributed by atoms with van der Waals surface area (Å²) in [5.41, 5.74) is 3.39. The van der Waals surface area contributed by atoms with Crippen molar-refractivity contribution in [1.82, 2.24) is 9.55 Å². The molecule has 8 heteroatoms. The number of aromatic nitrogens is 2. The predicted octanol–water partition coefficient (Wildman–Crippen LogP) is 6.36. The number of benzene rings is 2. The van der Waals surface area contributed by atoms with Crippen LogP contribution in [0.15, 0.2) is 66.3 Å². The highest BCUT2D eigenvalue weighted by Gasteiger charge is 2.23. The van der Waals surface area contributed by atoms with Gasteiger partial charge in [0.25, 0.3) is 0 Å². The molecule has 7 nitrogen and oxygen atoms in total. The summed E-state index contributed by atoms with van der Waals surface area (Å²) in [6, 6.07) is 11.5. The topological polar surface area (TPSA) is 71.8 Å². The fraction of sp³-hybridized carbons (Fsp3) is 0.333. The molecule has 0 saturated heterocycles. The molecule has 0 aliphatic heterocycles. The van der Waals surface area contributed by atoms with Gasteiger partial charge >= 0.3 is 0 Å². The number of allylic oxidation sites excluding steroid dienone is 2. The first-order chi connectivity index (χ1) is 18.6. The monoisotopic (exact) mass is 580 g/mol. The maximum Gasteiger partial charge on any atom is 0.185 e. The van der Waals surface area contributed by atoms with E-state index in [2.05, 4.69) is 20.9 Å². The first kappa shape index (κ1) is 27.5. The molecule has 0 unspecified atom stereocenters. The van der Waals surface area contributed by atoms with Crippen molar-refractivity contribution in [1.29, 1.82) is 0 Å². The lowest BCUT2D eigenvalue weighted by atomic mass is 10.1. The molecule has 0 spiro atoms. The minimum Gasteiger partial charge on any atom is -0.493 e. The van der Waals surface area contributed by atoms with Crippen molar-refractivity contribution < 1.29 is 23.7 Å². The highest BCUT2D eigenvalue weighted by Crippen LogP contribution is 2.34. The van der Waals surface area contributed by atoms with Crippen LogP contribution < -0.4 is 18.9 Å². The zero-order valence-electron chi connectivity index (χ0n) is 21.8. The van der Waals surface area contributed by atoms with Gasteiger partial charge in [0.2, 0.25) is 0 Å². The second kappa shape index (κ2) is 13.9. The van der Waals surface area contributed by atoms with Gasteiger partial charge in [-0.3, -0.25) is 4.79 Å². The van der Waals surface area contributed by atoms with Crippen molar-refractivity contribution in [2.75, 3.05) is 32.8 Å². The molecule has 0 atom stereocenters. The Labute approximate surface area is 232 Å². The maximum absolute atomic E-state index is 13.1. The Morgan fingerprint density at radius 2 is 1.45 bits per heavy atom. The molecule has 1 fully saturated rings. The van der Waals surface area contributed by atoms with E-state index < -0.39 is 0 Å². The van der Waals surface area contributed by atoms with E-state index in [-0.39, 0.29) is 5.78 Å². The number of halogens is 1. The lowest BCUT2D eigenvalue weighted by Crippen LogP contribution is -2.04. The Morgan fingerprint density at radius 3 is 1.95 bits per heavy atom. The summed E-state index contributed by atoms with van der Waals surface area (Å²) in [5, 5.41) is 0.885. The molecular weight excluding hydrogens is 548 g/mol. The van der Waals surface area contributed by atoms with Crippen molar-refractivity contribution in [3.05, 3.63) is 77.4 Å². The second-order valence-electron chi connectivity index (χ2n) is 8.88. The van der Waals surface area contributed by atoms with Crippen molar-refractivity contribution in [2.24, 2.45) is 0 Å². The molecule has 0 N–H and O–H groups in total. The fourth-order valence-electron chi connectivity index (χ4n) is 4.25. The number of hydrogen-bond donors (Lipinski definition) is 0. The number of aryl methyl sites for hydroxylation is 1. The number of ketones is 1. The van der Waals surface area contributed by atoms with Crippen molar-refractivity contribution >= 4 is 33.9 Å². The van der Waals surface area contributed by atoms with E-state index in [9.17, 15) is 4.79 Å². The Hall–Kier alpha value is -3.52. The van der Waals surface area contributed by atoms with Crippen LogP contribution in [0.2, 0.25) is 0 Å². The van der Waals surface area contributed by atoms with Gasteiger partial charge in [0.15, 0.2) is 28.8 Å². The maximum atomic E-state index is 13.1. The van der Waals surface area contributed by atoms with Gasteiger partial charge in [-0.2, -0.15) is 0 Å².